The van der Waals surface area contributed by atoms with Crippen molar-refractivity contribution < 1.29 is 18.7 Å². The fourth-order valence-corrected chi connectivity index (χ4v) is 5.15. The minimum atomic E-state index is -0.970. The lowest BCUT2D eigenvalue weighted by atomic mass is 9.60. The zero-order chi connectivity index (χ0) is 22.2. The van der Waals surface area contributed by atoms with Crippen LogP contribution in [0.25, 0.3) is 0 Å². The Balaban J connectivity index is 2.01. The monoisotopic (exact) mass is 425 g/mol. The van der Waals surface area contributed by atoms with Crippen LogP contribution in [0.5, 0.6) is 5.75 Å². The summed E-state index contributed by atoms with van der Waals surface area (Å²) in [5.41, 5.74) is 5.62. The molecule has 0 bridgehead atoms. The van der Waals surface area contributed by atoms with E-state index in [-0.39, 0.29) is 5.71 Å². The maximum absolute atomic E-state index is 14.2. The van der Waals surface area contributed by atoms with Crippen LogP contribution in [0, 0.1) is 5.82 Å². The molecule has 0 radical (unpaired) electrons. The summed E-state index contributed by atoms with van der Waals surface area (Å²) < 4.78 is 26.3. The average Bonchev–Trinajstić information content (AvgIpc) is 3.05. The molecule has 0 fully saturated rings. The van der Waals surface area contributed by atoms with E-state index >= 15 is 0 Å². The van der Waals surface area contributed by atoms with Gasteiger partial charge in [-0.25, -0.2) is 9.40 Å². The summed E-state index contributed by atoms with van der Waals surface area (Å²) in [5, 5.41) is 6.40. The highest BCUT2D eigenvalue weighted by Crippen LogP contribution is 2.56. The number of primary amides is 1. The van der Waals surface area contributed by atoms with Crippen molar-refractivity contribution in [2.75, 3.05) is 12.1 Å². The number of unbranched alkanes of at least 4 members (excludes halogenated alkanes) is 2. The highest BCUT2D eigenvalue weighted by molar-refractivity contribution is 6.43. The Morgan fingerprint density at radius 3 is 2.65 bits per heavy atom. The summed E-state index contributed by atoms with van der Waals surface area (Å²) in [6.07, 6.45) is 2.71. The van der Waals surface area contributed by atoms with Gasteiger partial charge in [-0.15, -0.1) is 0 Å². The lowest BCUT2D eigenvalue weighted by Crippen LogP contribution is -2.68. The molecule has 0 saturated carbocycles. The van der Waals surface area contributed by atoms with Crippen molar-refractivity contribution in [2.24, 2.45) is 10.8 Å². The first-order valence-electron chi connectivity index (χ1n) is 10.6. The number of anilines is 1. The van der Waals surface area contributed by atoms with Gasteiger partial charge in [0.2, 0.25) is 6.29 Å². The van der Waals surface area contributed by atoms with Crippen LogP contribution < -0.4 is 15.5 Å². The maximum atomic E-state index is 14.2. The molecule has 0 spiro atoms. The minimum absolute atomic E-state index is 0.236. The Bertz CT molecular complexity index is 1010. The van der Waals surface area contributed by atoms with Gasteiger partial charge in [0.1, 0.15) is 28.5 Å². The van der Waals surface area contributed by atoms with E-state index in [2.05, 4.69) is 6.92 Å². The topological polar surface area (TPSA) is 77.2 Å². The second kappa shape index (κ2) is 7.96. The van der Waals surface area contributed by atoms with Gasteiger partial charge in [-0.3, -0.25) is 4.79 Å². The fourth-order valence-electron chi connectivity index (χ4n) is 5.15. The third-order valence-corrected chi connectivity index (χ3v) is 6.62. The molecule has 0 aromatic heterocycles. The van der Waals surface area contributed by atoms with Crippen LogP contribution in [-0.2, 0) is 14.9 Å². The molecule has 31 heavy (non-hydrogen) atoms. The Morgan fingerprint density at radius 2 is 2.00 bits per heavy atom. The van der Waals surface area contributed by atoms with Crippen molar-refractivity contribution in [3.8, 4) is 5.75 Å². The molecule has 3 atom stereocenters. The summed E-state index contributed by atoms with van der Waals surface area (Å²) in [4.78, 5) is 12.8. The number of hydrogen-bond acceptors (Lipinski definition) is 5. The quantitative estimate of drug-likeness (QED) is 0.677. The van der Waals surface area contributed by atoms with E-state index in [1.165, 1.54) is 12.1 Å². The molecule has 6 nitrogen and oxygen atoms in total. The number of fused-ring (bicyclic) bond motifs is 3. The van der Waals surface area contributed by atoms with Crippen molar-refractivity contribution in [1.29, 1.82) is 0 Å². The normalized spacial score (nSPS) is 26.6. The van der Waals surface area contributed by atoms with Gasteiger partial charge in [0.05, 0.1) is 5.41 Å². The van der Waals surface area contributed by atoms with E-state index < -0.39 is 29.0 Å². The van der Waals surface area contributed by atoms with Crippen LogP contribution in [0.2, 0.25) is 0 Å². The van der Waals surface area contributed by atoms with Gasteiger partial charge in [0.25, 0.3) is 5.91 Å². The Hall–Kier alpha value is -2.93. The molecule has 0 saturated heterocycles. The molecule has 3 unspecified atom stereocenters. The number of rotatable bonds is 7. The number of hydrogen-bond donors (Lipinski definition) is 1. The SMILES string of the molecule is CCCCCC1(c2ccccc2)C(C(N)=O)=NN2c3cc(F)ccc3OC(OC)C21C. The van der Waals surface area contributed by atoms with E-state index in [9.17, 15) is 9.18 Å². The van der Waals surface area contributed by atoms with E-state index in [1.807, 2.05) is 37.3 Å². The number of ether oxygens (including phenoxy) is 2. The molecule has 1 amide bonds. The summed E-state index contributed by atoms with van der Waals surface area (Å²) >= 11 is 0. The van der Waals surface area contributed by atoms with Crippen LogP contribution in [-0.4, -0.2) is 30.6 Å². The molecule has 2 N–H and O–H groups in total. The fraction of sp³-hybridized carbons (Fsp3) is 0.417. The number of halogens is 1. The van der Waals surface area contributed by atoms with Gasteiger partial charge in [-0.1, -0.05) is 56.5 Å². The van der Waals surface area contributed by atoms with E-state index in [0.717, 1.165) is 24.8 Å². The Morgan fingerprint density at radius 1 is 1.26 bits per heavy atom. The van der Waals surface area contributed by atoms with Gasteiger partial charge in [-0.05, 0) is 31.0 Å². The summed E-state index contributed by atoms with van der Waals surface area (Å²) in [6, 6.07) is 14.0. The van der Waals surface area contributed by atoms with Crippen LogP contribution in [0.3, 0.4) is 0 Å². The van der Waals surface area contributed by atoms with E-state index in [1.54, 1.807) is 18.2 Å². The zero-order valence-corrected chi connectivity index (χ0v) is 18.1. The molecule has 2 aromatic rings. The zero-order valence-electron chi connectivity index (χ0n) is 18.1. The van der Waals surface area contributed by atoms with Crippen LogP contribution in [0.15, 0.2) is 53.6 Å². The van der Waals surface area contributed by atoms with Crippen molar-refractivity contribution >= 4 is 17.3 Å². The van der Waals surface area contributed by atoms with Gasteiger partial charge >= 0.3 is 0 Å². The maximum Gasteiger partial charge on any atom is 0.265 e. The van der Waals surface area contributed by atoms with Crippen LogP contribution in [0.4, 0.5) is 10.1 Å². The predicted molar refractivity (Wildman–Crippen MR) is 118 cm³/mol. The molecule has 2 aromatic carbocycles. The smallest absolute Gasteiger partial charge is 0.265 e. The average molecular weight is 426 g/mol. The second-order valence-electron chi connectivity index (χ2n) is 8.30. The van der Waals surface area contributed by atoms with Crippen molar-refractivity contribution in [3.63, 3.8) is 0 Å². The highest BCUT2D eigenvalue weighted by Gasteiger charge is 2.68. The number of carbonyl (C=O) groups is 1. The number of nitrogens with zero attached hydrogens (tertiary/aromatic N) is 2. The number of hydrazone groups is 1. The summed E-state index contributed by atoms with van der Waals surface area (Å²) in [6.45, 7) is 4.08. The number of benzene rings is 2. The molecule has 164 valence electrons. The summed E-state index contributed by atoms with van der Waals surface area (Å²) in [7, 11) is 1.56. The first-order chi connectivity index (χ1) is 14.9. The second-order valence-corrected chi connectivity index (χ2v) is 8.30. The van der Waals surface area contributed by atoms with E-state index in [0.29, 0.717) is 17.9 Å². The van der Waals surface area contributed by atoms with Crippen LogP contribution in [0.1, 0.15) is 45.1 Å². The molecular weight excluding hydrogens is 397 g/mol. The van der Waals surface area contributed by atoms with Gasteiger partial charge in [-0.2, -0.15) is 5.10 Å². The minimum Gasteiger partial charge on any atom is -0.460 e. The number of methoxy groups -OCH3 is 1. The van der Waals surface area contributed by atoms with Gasteiger partial charge in [0.15, 0.2) is 0 Å². The largest absolute Gasteiger partial charge is 0.460 e. The molecule has 7 heteroatoms. The number of carbonyl (C=O) groups excluding carboxylic acids is 1. The molecule has 2 aliphatic heterocycles. The lowest BCUT2D eigenvalue weighted by molar-refractivity contribution is -0.122. The number of amides is 1. The third kappa shape index (κ3) is 3.02. The first-order valence-corrected chi connectivity index (χ1v) is 10.6. The molecule has 2 heterocycles. The van der Waals surface area contributed by atoms with Crippen LogP contribution >= 0.6 is 0 Å². The standard InChI is InChI=1S/C24H28FN3O3/c1-4-5-9-14-24(16-10-7-6-8-11-16)20(21(26)29)27-28-18-15-17(25)12-13-19(18)31-22(30-3)23(24,28)2/h6-8,10-13,15,22H,4-5,9,14H2,1-3H3,(H2,26,29). The van der Waals surface area contributed by atoms with Gasteiger partial charge < -0.3 is 15.2 Å². The van der Waals surface area contributed by atoms with Crippen molar-refractivity contribution in [3.05, 3.63) is 59.9 Å². The molecule has 4 rings (SSSR count). The number of nitrogens with two attached hydrogens (primary N) is 1. The van der Waals surface area contributed by atoms with Gasteiger partial charge in [0, 0.05) is 13.2 Å². The first kappa shape index (κ1) is 21.3. The summed E-state index contributed by atoms with van der Waals surface area (Å²) in [5.74, 6) is -0.584. The van der Waals surface area contributed by atoms with E-state index in [4.69, 9.17) is 20.3 Å². The highest BCUT2D eigenvalue weighted by atomic mass is 19.1. The Labute approximate surface area is 181 Å². The third-order valence-electron chi connectivity index (χ3n) is 6.62. The molecule has 2 aliphatic rings. The molecule has 0 aliphatic carbocycles. The molecular formula is C24H28FN3O3. The lowest BCUT2D eigenvalue weighted by Gasteiger charge is -2.52. The van der Waals surface area contributed by atoms with Crippen molar-refractivity contribution in [1.82, 2.24) is 0 Å². The Kier molecular flexibility index (Phi) is 5.47. The van der Waals surface area contributed by atoms with Crippen molar-refractivity contribution in [2.45, 2.75) is 56.8 Å². The predicted octanol–water partition coefficient (Wildman–Crippen LogP) is 4.13.